The minimum Gasteiger partial charge on any atom is -0.306 e. The quantitative estimate of drug-likeness (QED) is 0.0832. The van der Waals surface area contributed by atoms with Gasteiger partial charge in [0.05, 0.1) is 22.2 Å². The highest BCUT2D eigenvalue weighted by Gasteiger charge is 2.20. The van der Waals surface area contributed by atoms with Crippen molar-refractivity contribution in [2.75, 3.05) is 0 Å². The molecule has 0 saturated heterocycles. The predicted molar refractivity (Wildman–Crippen MR) is 212 cm³/mol. The van der Waals surface area contributed by atoms with Gasteiger partial charge in [-0.05, 0) is 72.1 Å². The number of hydrogen-bond donors (Lipinski definition) is 0. The number of fused-ring (bicyclic) bond motifs is 1. The number of aromatic nitrogens is 2. The lowest BCUT2D eigenvalue weighted by atomic mass is 10.1. The summed E-state index contributed by atoms with van der Waals surface area (Å²) in [5.41, 5.74) is 3.22. The molecule has 252 valence electrons. The maximum atomic E-state index is 14.5. The second-order valence-electron chi connectivity index (χ2n) is 12.6. The Morgan fingerprint density at radius 1 is 0.479 bits per heavy atom. The molecule has 0 aliphatic carbocycles. The van der Waals surface area contributed by atoms with Gasteiger partial charge >= 0.3 is 0 Å². The molecule has 0 bridgehead atoms. The van der Waals surface area contributed by atoms with Gasteiger partial charge in [0.1, 0.15) is 0 Å². The molecule has 0 saturated carbocycles. The van der Waals surface area contributed by atoms with Crippen LogP contribution in [0, 0.1) is 0 Å². The zero-order valence-electron chi connectivity index (χ0n) is 28.2. The predicted octanol–water partition coefficient (Wildman–Crippen LogP) is 12.8. The fraction of sp³-hybridized carbons (Fsp3) is 0.400. The summed E-state index contributed by atoms with van der Waals surface area (Å²) in [6.45, 7) is 5.78. The van der Waals surface area contributed by atoms with E-state index in [2.05, 4.69) is 73.1 Å². The van der Waals surface area contributed by atoms with Gasteiger partial charge in [-0.2, -0.15) is 0 Å². The van der Waals surface area contributed by atoms with Crippen LogP contribution in [-0.4, -0.2) is 9.13 Å². The van der Waals surface area contributed by atoms with Crippen LogP contribution in [0.25, 0.3) is 51.4 Å². The van der Waals surface area contributed by atoms with Gasteiger partial charge in [-0.1, -0.05) is 90.2 Å². The molecule has 0 aliphatic heterocycles. The normalized spacial score (nSPS) is 11.6. The van der Waals surface area contributed by atoms with Gasteiger partial charge in [-0.25, -0.2) is 0 Å². The number of thiophene rings is 4. The van der Waals surface area contributed by atoms with Crippen molar-refractivity contribution in [2.24, 2.45) is 0 Å². The van der Waals surface area contributed by atoms with Crippen molar-refractivity contribution in [2.45, 2.75) is 104 Å². The maximum absolute atomic E-state index is 14.5. The Morgan fingerprint density at radius 3 is 1.27 bits per heavy atom. The third-order valence-corrected chi connectivity index (χ3v) is 13.5. The Bertz CT molecular complexity index is 1860. The van der Waals surface area contributed by atoms with Gasteiger partial charge in [0.2, 0.25) is 0 Å². The van der Waals surface area contributed by atoms with Gasteiger partial charge in [-0.3, -0.25) is 9.59 Å². The first kappa shape index (κ1) is 34.8. The van der Waals surface area contributed by atoms with E-state index in [1.165, 1.54) is 70.9 Å². The number of pyridine rings is 2. The van der Waals surface area contributed by atoms with Gasteiger partial charge in [0.25, 0.3) is 11.1 Å². The lowest BCUT2D eigenvalue weighted by Gasteiger charge is -2.18. The van der Waals surface area contributed by atoms with Crippen molar-refractivity contribution in [3.63, 3.8) is 0 Å². The summed E-state index contributed by atoms with van der Waals surface area (Å²) in [6, 6.07) is 20.9. The van der Waals surface area contributed by atoms with Crippen LogP contribution < -0.4 is 11.1 Å². The molecule has 6 rings (SSSR count). The molecule has 0 amide bonds. The summed E-state index contributed by atoms with van der Waals surface area (Å²) in [6.07, 6.45) is 13.9. The molecule has 6 heterocycles. The summed E-state index contributed by atoms with van der Waals surface area (Å²) < 4.78 is 3.98. The van der Waals surface area contributed by atoms with Crippen LogP contribution in [0.15, 0.2) is 81.0 Å². The van der Waals surface area contributed by atoms with Gasteiger partial charge < -0.3 is 9.13 Å². The number of nitrogens with zero attached hydrogens (tertiary/aromatic N) is 2. The molecule has 0 radical (unpaired) electrons. The molecule has 0 aromatic carbocycles. The van der Waals surface area contributed by atoms with Crippen LogP contribution in [0.3, 0.4) is 0 Å². The number of aryl methyl sites for hydroxylation is 2. The average Bonchev–Trinajstić information content (AvgIpc) is 3.93. The first-order chi connectivity index (χ1) is 23.6. The zero-order valence-corrected chi connectivity index (χ0v) is 31.4. The molecular weight excluding hydrogens is 669 g/mol. The topological polar surface area (TPSA) is 44.0 Å². The van der Waals surface area contributed by atoms with Crippen LogP contribution in [0.2, 0.25) is 0 Å². The average molecular weight is 715 g/mol. The van der Waals surface area contributed by atoms with Crippen molar-refractivity contribution in [1.29, 1.82) is 0 Å². The molecule has 48 heavy (non-hydrogen) atoms. The summed E-state index contributed by atoms with van der Waals surface area (Å²) in [4.78, 5) is 35.7. The molecule has 0 spiro atoms. The zero-order chi connectivity index (χ0) is 33.3. The fourth-order valence-corrected chi connectivity index (χ4v) is 10.1. The van der Waals surface area contributed by atoms with Crippen LogP contribution >= 0.6 is 45.3 Å². The highest BCUT2D eigenvalue weighted by molar-refractivity contribution is 7.23. The maximum Gasteiger partial charge on any atom is 0.259 e. The Kier molecular flexibility index (Phi) is 12.4. The molecule has 0 N–H and O–H groups in total. The highest BCUT2D eigenvalue weighted by Crippen LogP contribution is 2.38. The molecule has 0 atom stereocenters. The Morgan fingerprint density at radius 2 is 0.875 bits per heavy atom. The van der Waals surface area contributed by atoms with E-state index in [-0.39, 0.29) is 11.1 Å². The van der Waals surface area contributed by atoms with Crippen molar-refractivity contribution < 1.29 is 0 Å². The number of rotatable bonds is 18. The van der Waals surface area contributed by atoms with Gasteiger partial charge in [0, 0.05) is 42.4 Å². The summed E-state index contributed by atoms with van der Waals surface area (Å²) in [5, 5.41) is 4.18. The molecular formula is C40H46N2O2S4. The first-order valence-corrected chi connectivity index (χ1v) is 21.1. The highest BCUT2D eigenvalue weighted by atomic mass is 32.1. The van der Waals surface area contributed by atoms with Crippen LogP contribution in [0.1, 0.15) is 90.9 Å². The van der Waals surface area contributed by atoms with E-state index in [0.717, 1.165) is 46.5 Å². The van der Waals surface area contributed by atoms with E-state index >= 15 is 0 Å². The van der Waals surface area contributed by atoms with Crippen molar-refractivity contribution >= 4 is 56.4 Å². The SMILES string of the molecule is CCCCCCCCn1c(=O)c(-c2ccc(-c3cccs3)s2)cc2c1cc(-c1ccc(-c3cccs3)s1)c(=O)n2CCCCCCCC. The van der Waals surface area contributed by atoms with E-state index in [1.54, 1.807) is 45.3 Å². The molecule has 6 aromatic rings. The minimum absolute atomic E-state index is 0.0387. The van der Waals surface area contributed by atoms with E-state index in [9.17, 15) is 9.59 Å². The molecule has 8 heteroatoms. The van der Waals surface area contributed by atoms with Crippen molar-refractivity contribution in [3.05, 3.63) is 92.1 Å². The van der Waals surface area contributed by atoms with E-state index in [1.807, 2.05) is 21.3 Å². The summed E-state index contributed by atoms with van der Waals surface area (Å²) in [7, 11) is 0. The smallest absolute Gasteiger partial charge is 0.259 e. The Hall–Kier alpha value is -3.04. The Labute approximate surface area is 300 Å². The van der Waals surface area contributed by atoms with E-state index in [0.29, 0.717) is 24.2 Å². The second kappa shape index (κ2) is 17.1. The molecule has 4 nitrogen and oxygen atoms in total. The van der Waals surface area contributed by atoms with Crippen LogP contribution in [-0.2, 0) is 13.1 Å². The van der Waals surface area contributed by atoms with E-state index in [4.69, 9.17) is 0 Å². The molecule has 0 unspecified atom stereocenters. The van der Waals surface area contributed by atoms with Gasteiger partial charge in [0.15, 0.2) is 0 Å². The fourth-order valence-electron chi connectivity index (χ4n) is 6.45. The largest absolute Gasteiger partial charge is 0.306 e. The third kappa shape index (κ3) is 8.05. The molecule has 0 aliphatic rings. The second-order valence-corrected chi connectivity index (χ2v) is 16.7. The van der Waals surface area contributed by atoms with E-state index < -0.39 is 0 Å². The Balaban J connectivity index is 1.47. The third-order valence-electron chi connectivity index (χ3n) is 9.10. The number of unbranched alkanes of at least 4 members (excludes halogenated alkanes) is 10. The first-order valence-electron chi connectivity index (χ1n) is 17.7. The monoisotopic (exact) mass is 714 g/mol. The lowest BCUT2D eigenvalue weighted by Crippen LogP contribution is -2.28. The number of hydrogen-bond acceptors (Lipinski definition) is 6. The van der Waals surface area contributed by atoms with Crippen LogP contribution in [0.4, 0.5) is 0 Å². The van der Waals surface area contributed by atoms with Gasteiger partial charge in [-0.15, -0.1) is 45.3 Å². The minimum atomic E-state index is 0.0387. The standard InChI is InChI=1S/C40H46N2O2S4/c1-3-5-7-9-11-13-23-41-31-27-30(34-20-22-38(48-34)36-18-16-26-46-36)40(44)42(24-14-12-10-8-6-4-2)32(31)28-29(39(41)43)33-19-21-37(47-33)35-17-15-25-45-35/h15-22,25-28H,3-14,23-24H2,1-2H3. The van der Waals surface area contributed by atoms with Crippen molar-refractivity contribution in [1.82, 2.24) is 9.13 Å². The summed E-state index contributed by atoms with van der Waals surface area (Å²) >= 11 is 6.77. The molecule has 6 aromatic heterocycles. The van der Waals surface area contributed by atoms with Crippen molar-refractivity contribution in [3.8, 4) is 40.4 Å². The van der Waals surface area contributed by atoms with Crippen LogP contribution in [0.5, 0.6) is 0 Å². The summed E-state index contributed by atoms with van der Waals surface area (Å²) in [5.74, 6) is 0. The molecule has 0 fully saturated rings. The lowest BCUT2D eigenvalue weighted by molar-refractivity contribution is 0.551.